The van der Waals surface area contributed by atoms with Gasteiger partial charge in [0.1, 0.15) is 0 Å². The Morgan fingerprint density at radius 1 is 1.50 bits per heavy atom. The monoisotopic (exact) mass is 167 g/mol. The number of primary amides is 1. The summed E-state index contributed by atoms with van der Waals surface area (Å²) in [5.74, 6) is 0.385. The number of carbonyl (C=O) groups is 1. The molecule has 2 bridgehead atoms. The third kappa shape index (κ3) is 0.894. The minimum atomic E-state index is -0.258. The second-order valence-electron chi connectivity index (χ2n) is 3.72. The third-order valence-corrected chi connectivity index (χ3v) is 3.16. The highest BCUT2D eigenvalue weighted by molar-refractivity contribution is 5.78. The van der Waals surface area contributed by atoms with E-state index in [1.165, 1.54) is 0 Å². The standard InChI is InChI=1S/C9H13NO2/c10-9(12)8-6-2-1-5(3-6)7(8)4-11/h1-2,5-8,11H,3-4H2,(H2,10,12). The van der Waals surface area contributed by atoms with Crippen molar-refractivity contribution in [1.82, 2.24) is 0 Å². The van der Waals surface area contributed by atoms with Crippen molar-refractivity contribution >= 4 is 5.91 Å². The van der Waals surface area contributed by atoms with Gasteiger partial charge in [-0.3, -0.25) is 4.79 Å². The molecular formula is C9H13NO2. The Hall–Kier alpha value is -0.830. The first-order chi connectivity index (χ1) is 5.74. The van der Waals surface area contributed by atoms with Crippen LogP contribution in [0.3, 0.4) is 0 Å². The van der Waals surface area contributed by atoms with Gasteiger partial charge in [-0.2, -0.15) is 0 Å². The highest BCUT2D eigenvalue weighted by Gasteiger charge is 2.46. The molecule has 0 aliphatic heterocycles. The van der Waals surface area contributed by atoms with E-state index in [4.69, 9.17) is 10.8 Å². The Bertz CT molecular complexity index is 237. The zero-order valence-corrected chi connectivity index (χ0v) is 6.81. The highest BCUT2D eigenvalue weighted by Crippen LogP contribution is 2.47. The van der Waals surface area contributed by atoms with E-state index in [1.54, 1.807) is 0 Å². The molecule has 1 saturated carbocycles. The summed E-state index contributed by atoms with van der Waals surface area (Å²) in [6.07, 6.45) is 5.16. The molecule has 3 heteroatoms. The lowest BCUT2D eigenvalue weighted by Crippen LogP contribution is -2.34. The zero-order chi connectivity index (χ0) is 8.72. The molecule has 0 aromatic carbocycles. The molecule has 4 unspecified atom stereocenters. The first-order valence-corrected chi connectivity index (χ1v) is 4.32. The van der Waals surface area contributed by atoms with Crippen LogP contribution in [0.1, 0.15) is 6.42 Å². The first-order valence-electron chi connectivity index (χ1n) is 4.32. The van der Waals surface area contributed by atoms with Gasteiger partial charge in [-0.05, 0) is 18.3 Å². The van der Waals surface area contributed by atoms with Crippen LogP contribution >= 0.6 is 0 Å². The van der Waals surface area contributed by atoms with E-state index in [0.29, 0.717) is 11.8 Å². The molecule has 3 nitrogen and oxygen atoms in total. The summed E-state index contributed by atoms with van der Waals surface area (Å²) < 4.78 is 0. The van der Waals surface area contributed by atoms with Crippen molar-refractivity contribution in [3.05, 3.63) is 12.2 Å². The predicted octanol–water partition coefficient (Wildman–Crippen LogP) is -0.0977. The van der Waals surface area contributed by atoms with Crippen LogP contribution < -0.4 is 5.73 Å². The topological polar surface area (TPSA) is 63.3 Å². The lowest BCUT2D eigenvalue weighted by atomic mass is 9.83. The maximum atomic E-state index is 11.0. The van der Waals surface area contributed by atoms with Crippen LogP contribution in [0.4, 0.5) is 0 Å². The maximum absolute atomic E-state index is 11.0. The van der Waals surface area contributed by atoms with Crippen LogP contribution in [-0.2, 0) is 4.79 Å². The Kier molecular flexibility index (Phi) is 1.68. The quantitative estimate of drug-likeness (QED) is 0.564. The second-order valence-corrected chi connectivity index (χ2v) is 3.72. The van der Waals surface area contributed by atoms with Crippen molar-refractivity contribution < 1.29 is 9.90 Å². The second kappa shape index (κ2) is 2.59. The molecule has 1 amide bonds. The number of carbonyl (C=O) groups excluding carboxylic acids is 1. The first kappa shape index (κ1) is 7.80. The molecular weight excluding hydrogens is 154 g/mol. The van der Waals surface area contributed by atoms with E-state index < -0.39 is 0 Å². The fourth-order valence-corrected chi connectivity index (χ4v) is 2.60. The van der Waals surface area contributed by atoms with Crippen LogP contribution in [0.5, 0.6) is 0 Å². The summed E-state index contributed by atoms with van der Waals surface area (Å²) in [5, 5.41) is 9.07. The van der Waals surface area contributed by atoms with Gasteiger partial charge in [-0.1, -0.05) is 12.2 Å². The number of amides is 1. The molecule has 0 spiro atoms. The third-order valence-electron chi connectivity index (χ3n) is 3.16. The van der Waals surface area contributed by atoms with E-state index in [9.17, 15) is 4.79 Å². The summed E-state index contributed by atoms with van der Waals surface area (Å²) in [4.78, 5) is 11.0. The number of nitrogens with two attached hydrogens (primary N) is 1. The molecule has 0 radical (unpaired) electrons. The van der Waals surface area contributed by atoms with Gasteiger partial charge >= 0.3 is 0 Å². The molecule has 66 valence electrons. The van der Waals surface area contributed by atoms with Gasteiger partial charge in [0.05, 0.1) is 0 Å². The van der Waals surface area contributed by atoms with E-state index in [0.717, 1.165) is 6.42 Å². The summed E-state index contributed by atoms with van der Waals surface area (Å²) >= 11 is 0. The largest absolute Gasteiger partial charge is 0.396 e. The van der Waals surface area contributed by atoms with Gasteiger partial charge in [-0.15, -0.1) is 0 Å². The number of rotatable bonds is 2. The van der Waals surface area contributed by atoms with Gasteiger partial charge in [0, 0.05) is 18.4 Å². The minimum absolute atomic E-state index is 0.0810. The van der Waals surface area contributed by atoms with Crippen LogP contribution in [0.2, 0.25) is 0 Å². The molecule has 0 saturated heterocycles. The Morgan fingerprint density at radius 2 is 2.17 bits per heavy atom. The normalized spacial score (nSPS) is 43.8. The van der Waals surface area contributed by atoms with Crippen molar-refractivity contribution in [3.8, 4) is 0 Å². The van der Waals surface area contributed by atoms with Crippen molar-refractivity contribution in [1.29, 1.82) is 0 Å². The van der Waals surface area contributed by atoms with Crippen LogP contribution in [-0.4, -0.2) is 17.6 Å². The van der Waals surface area contributed by atoms with Crippen molar-refractivity contribution in [3.63, 3.8) is 0 Å². The molecule has 4 atom stereocenters. The molecule has 2 aliphatic carbocycles. The average Bonchev–Trinajstić information content (AvgIpc) is 2.60. The maximum Gasteiger partial charge on any atom is 0.221 e. The van der Waals surface area contributed by atoms with E-state index in [-0.39, 0.29) is 24.3 Å². The molecule has 0 aromatic rings. The number of hydrogen-bond acceptors (Lipinski definition) is 2. The van der Waals surface area contributed by atoms with Gasteiger partial charge < -0.3 is 10.8 Å². The number of aliphatic hydroxyl groups excluding tert-OH is 1. The van der Waals surface area contributed by atoms with Crippen LogP contribution in [0.25, 0.3) is 0 Å². The number of hydrogen-bond donors (Lipinski definition) is 2. The fourth-order valence-electron chi connectivity index (χ4n) is 2.60. The lowest BCUT2D eigenvalue weighted by Gasteiger charge is -2.23. The van der Waals surface area contributed by atoms with Gasteiger partial charge in [0.15, 0.2) is 0 Å². The molecule has 0 aromatic heterocycles. The Labute approximate surface area is 71.3 Å². The molecule has 12 heavy (non-hydrogen) atoms. The summed E-state index contributed by atoms with van der Waals surface area (Å²) in [6, 6.07) is 0. The van der Waals surface area contributed by atoms with Crippen molar-refractivity contribution in [2.24, 2.45) is 29.4 Å². The lowest BCUT2D eigenvalue weighted by molar-refractivity contribution is -0.124. The molecule has 0 heterocycles. The Morgan fingerprint density at radius 3 is 2.67 bits per heavy atom. The van der Waals surface area contributed by atoms with Gasteiger partial charge in [0.25, 0.3) is 0 Å². The smallest absolute Gasteiger partial charge is 0.221 e. The number of allylic oxidation sites excluding steroid dienone is 2. The van der Waals surface area contributed by atoms with Crippen LogP contribution in [0.15, 0.2) is 12.2 Å². The summed E-state index contributed by atoms with van der Waals surface area (Å²) in [5.41, 5.74) is 5.27. The predicted molar refractivity (Wildman–Crippen MR) is 44.0 cm³/mol. The van der Waals surface area contributed by atoms with E-state index in [1.807, 2.05) is 0 Å². The van der Waals surface area contributed by atoms with E-state index >= 15 is 0 Å². The van der Waals surface area contributed by atoms with Crippen molar-refractivity contribution in [2.75, 3.05) is 6.61 Å². The summed E-state index contributed by atoms with van der Waals surface area (Å²) in [6.45, 7) is 0.0825. The summed E-state index contributed by atoms with van der Waals surface area (Å²) in [7, 11) is 0. The minimum Gasteiger partial charge on any atom is -0.396 e. The highest BCUT2D eigenvalue weighted by atomic mass is 16.3. The Balaban J connectivity index is 2.23. The zero-order valence-electron chi connectivity index (χ0n) is 6.81. The molecule has 1 fully saturated rings. The average molecular weight is 167 g/mol. The van der Waals surface area contributed by atoms with Gasteiger partial charge in [0.2, 0.25) is 5.91 Å². The number of fused-ring (bicyclic) bond motifs is 2. The molecule has 3 N–H and O–H groups in total. The fraction of sp³-hybridized carbons (Fsp3) is 0.667. The van der Waals surface area contributed by atoms with Crippen LogP contribution in [0, 0.1) is 23.7 Å². The number of aliphatic hydroxyl groups is 1. The molecule has 2 aliphatic rings. The van der Waals surface area contributed by atoms with Crippen molar-refractivity contribution in [2.45, 2.75) is 6.42 Å². The SMILES string of the molecule is NC(=O)C1C2C=CC(C2)C1CO. The molecule has 2 rings (SSSR count). The van der Waals surface area contributed by atoms with E-state index in [2.05, 4.69) is 12.2 Å². The van der Waals surface area contributed by atoms with Gasteiger partial charge in [-0.25, -0.2) is 0 Å².